The van der Waals surface area contributed by atoms with Crippen molar-refractivity contribution in [2.45, 2.75) is 12.5 Å². The van der Waals surface area contributed by atoms with Gasteiger partial charge in [0.25, 0.3) is 0 Å². The maximum Gasteiger partial charge on any atom is 0.127 e. The molecule has 2 rings (SSSR count). The fraction of sp³-hybridized carbons (Fsp3) is 0.167. The number of halogens is 2. The van der Waals surface area contributed by atoms with Crippen molar-refractivity contribution in [3.05, 3.63) is 57.0 Å². The Hall–Kier alpha value is -0.940. The van der Waals surface area contributed by atoms with E-state index in [1.54, 1.807) is 23.5 Å². The number of hydrazine groups is 1. The van der Waals surface area contributed by atoms with Crippen LogP contribution in [0.1, 0.15) is 17.2 Å². The minimum atomic E-state index is -0.298. The van der Waals surface area contributed by atoms with E-state index in [0.29, 0.717) is 17.0 Å². The Morgan fingerprint density at radius 1 is 1.41 bits per heavy atom. The van der Waals surface area contributed by atoms with Gasteiger partial charge in [-0.2, -0.15) is 11.3 Å². The summed E-state index contributed by atoms with van der Waals surface area (Å²) in [6.45, 7) is 0. The largest absolute Gasteiger partial charge is 0.271 e. The van der Waals surface area contributed by atoms with E-state index in [1.807, 2.05) is 16.8 Å². The van der Waals surface area contributed by atoms with Crippen LogP contribution < -0.4 is 11.3 Å². The van der Waals surface area contributed by atoms with Crippen LogP contribution in [0.2, 0.25) is 5.02 Å². The number of hydrogen-bond donors (Lipinski definition) is 2. The van der Waals surface area contributed by atoms with Gasteiger partial charge in [-0.15, -0.1) is 0 Å². The van der Waals surface area contributed by atoms with E-state index in [4.69, 9.17) is 17.4 Å². The molecule has 1 heterocycles. The van der Waals surface area contributed by atoms with E-state index in [1.165, 1.54) is 6.07 Å². The predicted octanol–water partition coefficient (Wildman–Crippen LogP) is 3.29. The summed E-state index contributed by atoms with van der Waals surface area (Å²) in [7, 11) is 0. The minimum absolute atomic E-state index is 0.0862. The van der Waals surface area contributed by atoms with Crippen LogP contribution in [0.5, 0.6) is 0 Å². The van der Waals surface area contributed by atoms with Gasteiger partial charge in [-0.25, -0.2) is 4.39 Å². The highest BCUT2D eigenvalue weighted by Gasteiger charge is 2.13. The molecule has 0 fully saturated rings. The van der Waals surface area contributed by atoms with E-state index in [0.717, 1.165) is 5.56 Å². The van der Waals surface area contributed by atoms with Crippen molar-refractivity contribution < 1.29 is 4.39 Å². The summed E-state index contributed by atoms with van der Waals surface area (Å²) >= 11 is 7.30. The summed E-state index contributed by atoms with van der Waals surface area (Å²) < 4.78 is 13.6. The zero-order chi connectivity index (χ0) is 12.3. The second-order valence-corrected chi connectivity index (χ2v) is 4.93. The van der Waals surface area contributed by atoms with Crippen molar-refractivity contribution in [3.63, 3.8) is 0 Å². The molecule has 2 nitrogen and oxygen atoms in total. The molecular formula is C12H12ClFN2S. The summed E-state index contributed by atoms with van der Waals surface area (Å²) in [4.78, 5) is 0. The Bertz CT molecular complexity index is 487. The summed E-state index contributed by atoms with van der Waals surface area (Å²) in [6.07, 6.45) is 0.496. The number of hydrogen-bond acceptors (Lipinski definition) is 3. The predicted molar refractivity (Wildman–Crippen MR) is 69.5 cm³/mol. The number of nitrogens with two attached hydrogens (primary N) is 1. The lowest BCUT2D eigenvalue weighted by Gasteiger charge is -2.15. The molecule has 0 aliphatic rings. The van der Waals surface area contributed by atoms with Crippen LogP contribution >= 0.6 is 22.9 Å². The Kier molecular flexibility index (Phi) is 4.12. The van der Waals surface area contributed by atoms with E-state index in [9.17, 15) is 4.39 Å². The maximum absolute atomic E-state index is 13.6. The maximum atomic E-state index is 13.6. The molecule has 0 saturated heterocycles. The molecule has 1 aromatic carbocycles. The van der Waals surface area contributed by atoms with Gasteiger partial charge in [0.15, 0.2) is 0 Å². The Labute approximate surface area is 108 Å². The van der Waals surface area contributed by atoms with Crippen LogP contribution in [0, 0.1) is 5.82 Å². The molecule has 1 aromatic heterocycles. The normalized spacial score (nSPS) is 12.6. The molecule has 5 heteroatoms. The van der Waals surface area contributed by atoms with Crippen molar-refractivity contribution in [1.29, 1.82) is 0 Å². The monoisotopic (exact) mass is 270 g/mol. The molecular weight excluding hydrogens is 259 g/mol. The molecule has 0 amide bonds. The molecule has 0 bridgehead atoms. The van der Waals surface area contributed by atoms with Gasteiger partial charge in [0.1, 0.15) is 5.82 Å². The lowest BCUT2D eigenvalue weighted by molar-refractivity contribution is 0.530. The van der Waals surface area contributed by atoms with Gasteiger partial charge in [0, 0.05) is 5.02 Å². The van der Waals surface area contributed by atoms with Crippen molar-refractivity contribution in [2.75, 3.05) is 0 Å². The summed E-state index contributed by atoms with van der Waals surface area (Å²) in [5.41, 5.74) is 4.36. The second-order valence-electron chi connectivity index (χ2n) is 3.72. The van der Waals surface area contributed by atoms with Crippen molar-refractivity contribution in [1.82, 2.24) is 5.43 Å². The summed E-state index contributed by atoms with van der Waals surface area (Å²) in [5.74, 6) is 5.20. The lowest BCUT2D eigenvalue weighted by Crippen LogP contribution is -2.29. The van der Waals surface area contributed by atoms with Crippen LogP contribution in [0.3, 0.4) is 0 Å². The molecule has 0 aliphatic heterocycles. The van der Waals surface area contributed by atoms with Gasteiger partial charge in [-0.05, 0) is 46.5 Å². The summed E-state index contributed by atoms with van der Waals surface area (Å²) in [5, 5.41) is 4.37. The molecule has 0 radical (unpaired) electrons. The van der Waals surface area contributed by atoms with Gasteiger partial charge in [0.05, 0.1) is 6.04 Å². The van der Waals surface area contributed by atoms with E-state index >= 15 is 0 Å². The third kappa shape index (κ3) is 3.04. The quantitative estimate of drug-likeness (QED) is 0.661. The average molecular weight is 271 g/mol. The minimum Gasteiger partial charge on any atom is -0.271 e. The molecule has 0 saturated carbocycles. The average Bonchev–Trinajstić information content (AvgIpc) is 2.81. The first kappa shape index (κ1) is 12.5. The van der Waals surface area contributed by atoms with Gasteiger partial charge in [-0.3, -0.25) is 11.3 Å². The van der Waals surface area contributed by atoms with Gasteiger partial charge in [-0.1, -0.05) is 17.7 Å². The van der Waals surface area contributed by atoms with E-state index < -0.39 is 0 Å². The Morgan fingerprint density at radius 3 is 2.82 bits per heavy atom. The Morgan fingerprint density at radius 2 is 2.24 bits per heavy atom. The van der Waals surface area contributed by atoms with Gasteiger partial charge >= 0.3 is 0 Å². The number of rotatable bonds is 4. The number of nitrogens with one attached hydrogen (secondary N) is 1. The first-order valence-electron chi connectivity index (χ1n) is 5.13. The second kappa shape index (κ2) is 5.60. The third-order valence-corrected chi connectivity index (χ3v) is 3.52. The summed E-state index contributed by atoms with van der Waals surface area (Å²) in [6, 6.07) is 6.58. The highest BCUT2D eigenvalue weighted by molar-refractivity contribution is 7.07. The molecule has 17 heavy (non-hydrogen) atoms. The first-order valence-corrected chi connectivity index (χ1v) is 6.45. The van der Waals surface area contributed by atoms with Crippen LogP contribution in [-0.2, 0) is 6.42 Å². The molecule has 2 aromatic rings. The zero-order valence-corrected chi connectivity index (χ0v) is 10.6. The molecule has 0 spiro atoms. The fourth-order valence-electron chi connectivity index (χ4n) is 1.65. The highest BCUT2D eigenvalue weighted by Crippen LogP contribution is 2.23. The smallest absolute Gasteiger partial charge is 0.127 e. The van der Waals surface area contributed by atoms with E-state index in [2.05, 4.69) is 5.43 Å². The highest BCUT2D eigenvalue weighted by atomic mass is 35.5. The number of benzene rings is 1. The van der Waals surface area contributed by atoms with Crippen molar-refractivity contribution >= 4 is 22.9 Å². The standard InChI is InChI=1S/C12H12ClFN2S/c13-10-2-1-8(11(14)6-10)5-12(16-15)9-3-4-17-7-9/h1-4,6-7,12,16H,5,15H2. The third-order valence-electron chi connectivity index (χ3n) is 2.59. The number of thiophene rings is 1. The Balaban J connectivity index is 2.19. The van der Waals surface area contributed by atoms with Gasteiger partial charge < -0.3 is 0 Å². The fourth-order valence-corrected chi connectivity index (χ4v) is 2.53. The molecule has 90 valence electrons. The first-order chi connectivity index (χ1) is 8.20. The topological polar surface area (TPSA) is 38.0 Å². The van der Waals surface area contributed by atoms with Crippen molar-refractivity contribution in [3.8, 4) is 0 Å². The molecule has 1 atom stereocenters. The zero-order valence-electron chi connectivity index (χ0n) is 8.99. The van der Waals surface area contributed by atoms with E-state index in [-0.39, 0.29) is 11.9 Å². The van der Waals surface area contributed by atoms with Crippen LogP contribution in [0.15, 0.2) is 35.0 Å². The van der Waals surface area contributed by atoms with Crippen LogP contribution in [0.4, 0.5) is 4.39 Å². The SMILES string of the molecule is NNC(Cc1ccc(Cl)cc1F)c1ccsc1. The molecule has 3 N–H and O–H groups in total. The lowest BCUT2D eigenvalue weighted by atomic mass is 10.0. The van der Waals surface area contributed by atoms with Crippen molar-refractivity contribution in [2.24, 2.45) is 5.84 Å². The van der Waals surface area contributed by atoms with Gasteiger partial charge in [0.2, 0.25) is 0 Å². The van der Waals surface area contributed by atoms with Crippen LogP contribution in [0.25, 0.3) is 0 Å². The molecule has 0 aliphatic carbocycles. The molecule has 1 unspecified atom stereocenters. The van der Waals surface area contributed by atoms with Crippen LogP contribution in [-0.4, -0.2) is 0 Å².